The van der Waals surface area contributed by atoms with Gasteiger partial charge in [0.1, 0.15) is 23.4 Å². The summed E-state index contributed by atoms with van der Waals surface area (Å²) in [5, 5.41) is 9.24. The molecule has 0 heterocycles. The van der Waals surface area contributed by atoms with Crippen molar-refractivity contribution in [3.8, 4) is 0 Å². The number of hydrogen-bond donors (Lipinski definition) is 5. The fourth-order valence-electron chi connectivity index (χ4n) is 1.98. The third-order valence-electron chi connectivity index (χ3n) is 2.85. The van der Waals surface area contributed by atoms with Crippen LogP contribution in [0.1, 0.15) is 13.3 Å². The second-order valence-corrected chi connectivity index (χ2v) is 8.10. The molecule has 0 radical (unpaired) electrons. The molecule has 3 atom stereocenters. The lowest BCUT2D eigenvalue weighted by molar-refractivity contribution is -0.145. The van der Waals surface area contributed by atoms with Gasteiger partial charge in [0.05, 0.1) is 0 Å². The Labute approximate surface area is 132 Å². The highest BCUT2D eigenvalue weighted by molar-refractivity contribution is 7.53. The summed E-state index contributed by atoms with van der Waals surface area (Å²) in [5.41, 5.74) is 0. The number of carbonyl (C=O) groups excluding carboxylic acids is 1. The zero-order valence-corrected chi connectivity index (χ0v) is 14.0. The normalized spacial score (nSPS) is 16.4. The first kappa shape index (κ1) is 21.9. The Morgan fingerprint density at radius 1 is 1.04 bits per heavy atom. The Balaban J connectivity index is 6.36. The van der Waals surface area contributed by atoms with E-state index >= 15 is 0 Å². The molecule has 0 aliphatic heterocycles. The van der Waals surface area contributed by atoms with E-state index in [2.05, 4.69) is 13.2 Å². The summed E-state index contributed by atoms with van der Waals surface area (Å²) in [7, 11) is -10.1. The molecule has 0 saturated carbocycles. The molecule has 0 saturated heterocycles. The highest BCUT2D eigenvalue weighted by Gasteiger charge is 2.47. The van der Waals surface area contributed by atoms with Gasteiger partial charge in [-0.2, -0.15) is 0 Å². The number of hydrogen-bond acceptors (Lipinski definition) is 5. The van der Waals surface area contributed by atoms with E-state index < -0.39 is 51.0 Å². The fourth-order valence-corrected chi connectivity index (χ4v) is 3.94. The van der Waals surface area contributed by atoms with E-state index in [0.29, 0.717) is 17.1 Å². The molecule has 0 aromatic heterocycles. The van der Waals surface area contributed by atoms with Crippen LogP contribution in [0.3, 0.4) is 0 Å². The molecule has 5 N–H and O–H groups in total. The van der Waals surface area contributed by atoms with Crippen molar-refractivity contribution in [3.63, 3.8) is 0 Å². The van der Waals surface area contributed by atoms with Crippen LogP contribution in [0.15, 0.2) is 25.3 Å². The predicted molar refractivity (Wildman–Crippen MR) is 80.6 cm³/mol. The van der Waals surface area contributed by atoms with Crippen molar-refractivity contribution >= 4 is 26.9 Å². The summed E-state index contributed by atoms with van der Waals surface area (Å²) in [6.07, 6.45) is 0.621. The molecule has 10 nitrogen and oxygen atoms in total. The Bertz CT molecular complexity index is 544. The Morgan fingerprint density at radius 2 is 1.39 bits per heavy atom. The van der Waals surface area contributed by atoms with Crippen molar-refractivity contribution in [2.75, 3.05) is 0 Å². The first-order chi connectivity index (χ1) is 10.3. The van der Waals surface area contributed by atoms with Crippen molar-refractivity contribution in [2.24, 2.45) is 0 Å². The quantitative estimate of drug-likeness (QED) is 0.262. The summed E-state index contributed by atoms with van der Waals surface area (Å²) in [4.78, 5) is 60.4. The summed E-state index contributed by atoms with van der Waals surface area (Å²) in [5.74, 6) is -6.39. The fraction of sp³-hybridized carbons (Fsp3) is 0.455. The van der Waals surface area contributed by atoms with E-state index in [9.17, 15) is 43.4 Å². The summed E-state index contributed by atoms with van der Waals surface area (Å²) in [6, 6.07) is -1.89. The molecule has 0 rings (SSSR count). The maximum atomic E-state index is 11.6. The van der Waals surface area contributed by atoms with E-state index in [1.807, 2.05) is 0 Å². The maximum Gasteiger partial charge on any atom is 0.346 e. The molecule has 0 aliphatic carbocycles. The van der Waals surface area contributed by atoms with E-state index in [-0.39, 0.29) is 0 Å². The van der Waals surface area contributed by atoms with Gasteiger partial charge in [-0.3, -0.25) is 23.6 Å². The van der Waals surface area contributed by atoms with Crippen LogP contribution in [-0.4, -0.2) is 58.9 Å². The molecule has 0 aromatic carbocycles. The van der Waals surface area contributed by atoms with Crippen LogP contribution in [0, 0.1) is 0 Å². The lowest BCUT2D eigenvalue weighted by atomic mass is 10.1. The van der Waals surface area contributed by atoms with Gasteiger partial charge < -0.3 is 24.7 Å². The van der Waals surface area contributed by atoms with Crippen molar-refractivity contribution in [1.82, 2.24) is 4.90 Å². The average Bonchev–Trinajstić information content (AvgIpc) is 2.32. The minimum Gasteiger partial charge on any atom is -0.480 e. The van der Waals surface area contributed by atoms with Gasteiger partial charge in [-0.15, -0.1) is 13.2 Å². The summed E-state index contributed by atoms with van der Waals surface area (Å²) < 4.78 is 23.2. The third-order valence-corrected chi connectivity index (χ3v) is 5.18. The zero-order valence-electron chi connectivity index (χ0n) is 12.2. The van der Waals surface area contributed by atoms with Crippen molar-refractivity contribution < 1.29 is 43.4 Å². The minimum absolute atomic E-state index is 0.366. The lowest BCUT2D eigenvalue weighted by Crippen LogP contribution is -2.52. The zero-order chi connectivity index (χ0) is 18.6. The third kappa shape index (κ3) is 6.12. The maximum absolute atomic E-state index is 11.6. The second kappa shape index (κ2) is 8.12. The number of Topliss-reactive ketones (excluding diaryl/α,β-unsaturated/α-hetero) is 1. The van der Waals surface area contributed by atoms with Gasteiger partial charge in [0, 0.05) is 6.42 Å². The van der Waals surface area contributed by atoms with Crippen molar-refractivity contribution in [1.29, 1.82) is 0 Å². The van der Waals surface area contributed by atoms with Crippen molar-refractivity contribution in [3.05, 3.63) is 25.3 Å². The first-order valence-corrected chi connectivity index (χ1v) is 9.48. The van der Waals surface area contributed by atoms with E-state index in [1.165, 1.54) is 0 Å². The molecule has 12 heteroatoms. The van der Waals surface area contributed by atoms with E-state index in [0.717, 1.165) is 6.92 Å². The Morgan fingerprint density at radius 3 is 1.57 bits per heavy atom. The van der Waals surface area contributed by atoms with Crippen LogP contribution in [0.4, 0.5) is 0 Å². The number of ketones is 1. The van der Waals surface area contributed by atoms with E-state index in [4.69, 9.17) is 0 Å². The summed E-state index contributed by atoms with van der Waals surface area (Å²) in [6.45, 7) is 7.37. The molecule has 0 aliphatic rings. The highest BCUT2D eigenvalue weighted by Crippen LogP contribution is 2.52. The van der Waals surface area contributed by atoms with Gasteiger partial charge in [0.2, 0.25) is 0 Å². The number of nitrogens with zero attached hydrogens (tertiary/aromatic N) is 1. The van der Waals surface area contributed by atoms with Gasteiger partial charge in [-0.25, -0.2) is 0 Å². The first-order valence-electron chi connectivity index (χ1n) is 6.12. The smallest absolute Gasteiger partial charge is 0.346 e. The molecule has 3 unspecified atom stereocenters. The van der Waals surface area contributed by atoms with Gasteiger partial charge >= 0.3 is 21.2 Å². The predicted octanol–water partition coefficient (Wildman–Crippen LogP) is 0.100. The molecular formula is C11H19NO9P2. The Hall–Kier alpha value is -1.12. The number of rotatable bonds is 10. The van der Waals surface area contributed by atoms with Crippen LogP contribution in [0.5, 0.6) is 0 Å². The lowest BCUT2D eigenvalue weighted by Gasteiger charge is -2.38. The number of carboxylic acids is 1. The van der Waals surface area contributed by atoms with Crippen LogP contribution < -0.4 is 0 Å². The minimum atomic E-state index is -5.06. The number of carboxylic acid groups (broad SMARTS) is 1. The van der Waals surface area contributed by atoms with Gasteiger partial charge in [-0.1, -0.05) is 12.2 Å². The second-order valence-electron chi connectivity index (χ2n) is 4.68. The molecule has 0 aromatic rings. The topological polar surface area (TPSA) is 173 Å². The monoisotopic (exact) mass is 371 g/mol. The molecule has 0 spiro atoms. The van der Waals surface area contributed by atoms with Gasteiger partial charge in [0.25, 0.3) is 0 Å². The number of aliphatic carboxylic acids is 1. The average molecular weight is 371 g/mol. The largest absolute Gasteiger partial charge is 0.480 e. The molecule has 23 heavy (non-hydrogen) atoms. The van der Waals surface area contributed by atoms with Crippen LogP contribution in [0.2, 0.25) is 0 Å². The van der Waals surface area contributed by atoms with Crippen LogP contribution in [0.25, 0.3) is 0 Å². The molecule has 0 amide bonds. The van der Waals surface area contributed by atoms with Crippen molar-refractivity contribution in [2.45, 2.75) is 31.0 Å². The van der Waals surface area contributed by atoms with Gasteiger partial charge in [0.15, 0.2) is 0 Å². The molecule has 0 fully saturated rings. The van der Waals surface area contributed by atoms with Gasteiger partial charge in [-0.05, 0) is 6.92 Å². The number of carbonyl (C=O) groups is 2. The standard InChI is InChI=1S/C11H19NO9P2/c1-4-9(22(16,17)18)12(10(5-2)23(19,20)21)8(11(14)15)6-7(3)13/h4-5,8-10H,1-2,6H2,3H3,(H,14,15)(H2,16,17,18)(H2,19,20,21). The van der Waals surface area contributed by atoms with Crippen LogP contribution >= 0.6 is 15.2 Å². The van der Waals surface area contributed by atoms with Crippen LogP contribution in [-0.2, 0) is 18.7 Å². The SMILES string of the molecule is C=CC(N(C(CC(C)=O)C(=O)O)C(C=C)P(=O)(O)O)P(=O)(O)O. The molecule has 0 bridgehead atoms. The highest BCUT2D eigenvalue weighted by atomic mass is 31.2. The van der Waals surface area contributed by atoms with E-state index in [1.54, 1.807) is 0 Å². The Kier molecular flexibility index (Phi) is 7.72. The molecule has 132 valence electrons. The summed E-state index contributed by atoms with van der Waals surface area (Å²) >= 11 is 0. The molecular weight excluding hydrogens is 352 g/mol.